The van der Waals surface area contributed by atoms with Crippen LogP contribution in [0.25, 0.3) is 0 Å². The van der Waals surface area contributed by atoms with Crippen LogP contribution < -0.4 is 5.32 Å². The Kier molecular flexibility index (Phi) is 5.50. The van der Waals surface area contributed by atoms with Gasteiger partial charge >= 0.3 is 0 Å². The number of piperidine rings is 1. The van der Waals surface area contributed by atoms with E-state index in [1.54, 1.807) is 34.6 Å². The van der Waals surface area contributed by atoms with Crippen LogP contribution in [0.4, 0.5) is 5.69 Å². The standard InChI is InChI=1S/C19H24N2O3S2/c1-13-10-14(2)12-21(11-13)26(23,24)17-7-5-16(6-8-17)20-19(22)18-9-4-15(3)25-18/h4-9,13-14H,10-12H2,1-3H3,(H,20,22). The Morgan fingerprint density at radius 1 is 1.08 bits per heavy atom. The Labute approximate surface area is 159 Å². The van der Waals surface area contributed by atoms with E-state index in [1.165, 1.54) is 11.3 Å². The SMILES string of the molecule is Cc1ccc(C(=O)Nc2ccc(S(=O)(=O)N3CC(C)CC(C)C3)cc2)s1. The topological polar surface area (TPSA) is 66.5 Å². The lowest BCUT2D eigenvalue weighted by Crippen LogP contribution is -2.42. The lowest BCUT2D eigenvalue weighted by atomic mass is 9.94. The largest absolute Gasteiger partial charge is 0.321 e. The third kappa shape index (κ3) is 4.16. The molecule has 1 aromatic carbocycles. The number of nitrogens with one attached hydrogen (secondary N) is 1. The third-order valence-electron chi connectivity index (χ3n) is 4.55. The number of benzene rings is 1. The fraction of sp³-hybridized carbons (Fsp3) is 0.421. The Bertz CT molecular complexity index is 878. The van der Waals surface area contributed by atoms with Crippen LogP contribution in [0.15, 0.2) is 41.3 Å². The molecule has 1 aliphatic heterocycles. The summed E-state index contributed by atoms with van der Waals surface area (Å²) in [6.07, 6.45) is 1.05. The quantitative estimate of drug-likeness (QED) is 0.856. The van der Waals surface area contributed by atoms with Gasteiger partial charge in [-0.2, -0.15) is 4.31 Å². The molecule has 1 N–H and O–H groups in total. The van der Waals surface area contributed by atoms with E-state index < -0.39 is 10.0 Å². The minimum absolute atomic E-state index is 0.183. The number of aryl methyl sites for hydroxylation is 1. The van der Waals surface area contributed by atoms with Gasteiger partial charge in [-0.15, -0.1) is 11.3 Å². The molecule has 2 atom stereocenters. The molecule has 1 aromatic heterocycles. The van der Waals surface area contributed by atoms with Crippen molar-refractivity contribution in [3.05, 3.63) is 46.2 Å². The normalized spacial score (nSPS) is 21.5. The van der Waals surface area contributed by atoms with Crippen LogP contribution in [0.2, 0.25) is 0 Å². The van der Waals surface area contributed by atoms with E-state index in [2.05, 4.69) is 19.2 Å². The molecule has 0 spiro atoms. The van der Waals surface area contributed by atoms with Crippen molar-refractivity contribution < 1.29 is 13.2 Å². The predicted molar refractivity (Wildman–Crippen MR) is 105 cm³/mol. The van der Waals surface area contributed by atoms with Crippen LogP contribution in [-0.4, -0.2) is 31.7 Å². The van der Waals surface area contributed by atoms with Crippen LogP contribution in [0.5, 0.6) is 0 Å². The molecule has 26 heavy (non-hydrogen) atoms. The number of nitrogens with zero attached hydrogens (tertiary/aromatic N) is 1. The molecule has 1 fully saturated rings. The number of thiophene rings is 1. The van der Waals surface area contributed by atoms with Gasteiger partial charge in [-0.1, -0.05) is 13.8 Å². The van der Waals surface area contributed by atoms with Gasteiger partial charge in [0.15, 0.2) is 0 Å². The second kappa shape index (κ2) is 7.50. The van der Waals surface area contributed by atoms with Gasteiger partial charge in [0.25, 0.3) is 5.91 Å². The summed E-state index contributed by atoms with van der Waals surface area (Å²) in [5.74, 6) is 0.542. The second-order valence-electron chi connectivity index (χ2n) is 7.16. The van der Waals surface area contributed by atoms with Crippen molar-refractivity contribution in [1.29, 1.82) is 0 Å². The highest BCUT2D eigenvalue weighted by Crippen LogP contribution is 2.27. The van der Waals surface area contributed by atoms with Gasteiger partial charge in [0.2, 0.25) is 10.0 Å². The van der Waals surface area contributed by atoms with Gasteiger partial charge in [0, 0.05) is 23.7 Å². The van der Waals surface area contributed by atoms with Gasteiger partial charge in [-0.25, -0.2) is 8.42 Å². The van der Waals surface area contributed by atoms with E-state index in [-0.39, 0.29) is 10.8 Å². The molecule has 0 bridgehead atoms. The molecule has 1 saturated heterocycles. The molecule has 1 aliphatic rings. The van der Waals surface area contributed by atoms with Gasteiger partial charge in [-0.05, 0) is 61.6 Å². The number of rotatable bonds is 4. The minimum Gasteiger partial charge on any atom is -0.321 e. The molecule has 0 radical (unpaired) electrons. The third-order valence-corrected chi connectivity index (χ3v) is 7.39. The Morgan fingerprint density at radius 3 is 2.23 bits per heavy atom. The van der Waals surface area contributed by atoms with Crippen molar-refractivity contribution in [3.63, 3.8) is 0 Å². The fourth-order valence-electron chi connectivity index (χ4n) is 3.41. The van der Waals surface area contributed by atoms with E-state index in [1.807, 2.05) is 13.0 Å². The first-order valence-corrected chi connectivity index (χ1v) is 11.0. The maximum absolute atomic E-state index is 12.9. The number of hydrogen-bond donors (Lipinski definition) is 1. The van der Waals surface area contributed by atoms with Crippen LogP contribution in [-0.2, 0) is 10.0 Å². The summed E-state index contributed by atoms with van der Waals surface area (Å²) in [5.41, 5.74) is 0.584. The molecule has 140 valence electrons. The van der Waals surface area contributed by atoms with Gasteiger partial charge in [0.05, 0.1) is 9.77 Å². The van der Waals surface area contributed by atoms with E-state index in [4.69, 9.17) is 0 Å². The van der Waals surface area contributed by atoms with Crippen LogP contribution in [0, 0.1) is 18.8 Å². The van der Waals surface area contributed by atoms with E-state index in [0.29, 0.717) is 35.5 Å². The van der Waals surface area contributed by atoms with Crippen LogP contribution in [0.3, 0.4) is 0 Å². The zero-order valence-corrected chi connectivity index (χ0v) is 16.9. The summed E-state index contributed by atoms with van der Waals surface area (Å²) in [7, 11) is -3.50. The van der Waals surface area contributed by atoms with E-state index >= 15 is 0 Å². The highest BCUT2D eigenvalue weighted by Gasteiger charge is 2.31. The molecule has 1 amide bonds. The lowest BCUT2D eigenvalue weighted by Gasteiger charge is -2.34. The summed E-state index contributed by atoms with van der Waals surface area (Å²) in [6.45, 7) is 7.24. The molecule has 2 unspecified atom stereocenters. The highest BCUT2D eigenvalue weighted by atomic mass is 32.2. The van der Waals surface area contributed by atoms with E-state index in [0.717, 1.165) is 11.3 Å². The summed E-state index contributed by atoms with van der Waals surface area (Å²) < 4.78 is 27.3. The van der Waals surface area contributed by atoms with Crippen LogP contribution >= 0.6 is 11.3 Å². The molecule has 2 heterocycles. The van der Waals surface area contributed by atoms with Crippen molar-refractivity contribution in [2.24, 2.45) is 11.8 Å². The molecule has 0 aliphatic carbocycles. The first-order chi connectivity index (χ1) is 12.3. The van der Waals surface area contributed by atoms with Gasteiger partial charge in [0.1, 0.15) is 0 Å². The van der Waals surface area contributed by atoms with Gasteiger partial charge < -0.3 is 5.32 Å². The number of anilines is 1. The zero-order chi connectivity index (χ0) is 18.9. The lowest BCUT2D eigenvalue weighted by molar-refractivity contribution is 0.103. The number of sulfonamides is 1. The number of amides is 1. The molecule has 0 saturated carbocycles. The van der Waals surface area contributed by atoms with E-state index in [9.17, 15) is 13.2 Å². The Morgan fingerprint density at radius 2 is 1.69 bits per heavy atom. The first kappa shape index (κ1) is 19.1. The molecular formula is C19H24N2O3S2. The molecular weight excluding hydrogens is 368 g/mol. The molecule has 5 nitrogen and oxygen atoms in total. The highest BCUT2D eigenvalue weighted by molar-refractivity contribution is 7.89. The van der Waals surface area contributed by atoms with Crippen LogP contribution in [0.1, 0.15) is 34.8 Å². The monoisotopic (exact) mass is 392 g/mol. The van der Waals surface area contributed by atoms with Crippen molar-refractivity contribution in [2.45, 2.75) is 32.1 Å². The van der Waals surface area contributed by atoms with Gasteiger partial charge in [-0.3, -0.25) is 4.79 Å². The number of carbonyl (C=O) groups is 1. The summed E-state index contributed by atoms with van der Waals surface area (Å²) in [5, 5.41) is 2.81. The average Bonchev–Trinajstić information content (AvgIpc) is 3.01. The Hall–Kier alpha value is -1.70. The fourth-order valence-corrected chi connectivity index (χ4v) is 5.85. The van der Waals surface area contributed by atoms with Crippen molar-refractivity contribution in [2.75, 3.05) is 18.4 Å². The summed E-state index contributed by atoms with van der Waals surface area (Å²) >= 11 is 1.43. The number of carbonyl (C=O) groups excluding carboxylic acids is 1. The van der Waals surface area contributed by atoms with Crippen molar-refractivity contribution in [1.82, 2.24) is 4.31 Å². The maximum Gasteiger partial charge on any atom is 0.265 e. The van der Waals surface area contributed by atoms with Crippen molar-refractivity contribution in [3.8, 4) is 0 Å². The Balaban J connectivity index is 1.73. The van der Waals surface area contributed by atoms with Crippen molar-refractivity contribution >= 4 is 33.0 Å². The minimum atomic E-state index is -3.50. The maximum atomic E-state index is 12.9. The zero-order valence-electron chi connectivity index (χ0n) is 15.2. The summed E-state index contributed by atoms with van der Waals surface area (Å²) in [4.78, 5) is 14.2. The predicted octanol–water partition coefficient (Wildman–Crippen LogP) is 3.98. The average molecular weight is 393 g/mol. The smallest absolute Gasteiger partial charge is 0.265 e. The molecule has 7 heteroatoms. The number of hydrogen-bond acceptors (Lipinski definition) is 4. The molecule has 3 rings (SSSR count). The summed E-state index contributed by atoms with van der Waals surface area (Å²) in [6, 6.07) is 10.1. The molecule has 2 aromatic rings. The first-order valence-electron chi connectivity index (χ1n) is 8.73. The second-order valence-corrected chi connectivity index (χ2v) is 10.4.